The first kappa shape index (κ1) is 18.9. The van der Waals surface area contributed by atoms with Gasteiger partial charge in [-0.05, 0) is 25.1 Å². The molecule has 1 aliphatic rings. The lowest BCUT2D eigenvalue weighted by Crippen LogP contribution is -2.20. The molecular formula is C11H14Cl2F3N3O. The van der Waals surface area contributed by atoms with Gasteiger partial charge < -0.3 is 11.1 Å². The van der Waals surface area contributed by atoms with Crippen molar-refractivity contribution in [3.05, 3.63) is 29.1 Å². The lowest BCUT2D eigenvalue weighted by atomic mass is 9.98. The van der Waals surface area contributed by atoms with Gasteiger partial charge in [0.15, 0.2) is 0 Å². The average molecular weight is 332 g/mol. The number of nitrogens with one attached hydrogen (secondary N) is 1. The van der Waals surface area contributed by atoms with Crippen molar-refractivity contribution in [1.82, 2.24) is 10.3 Å². The molecule has 4 nitrogen and oxygen atoms in total. The van der Waals surface area contributed by atoms with E-state index >= 15 is 0 Å². The van der Waals surface area contributed by atoms with Crippen LogP contribution in [0.1, 0.15) is 34.1 Å². The maximum absolute atomic E-state index is 12.6. The number of carbonyl (C=O) groups excluding carboxylic acids is 1. The number of rotatable bonds is 2. The van der Waals surface area contributed by atoms with Crippen molar-refractivity contribution in [2.75, 3.05) is 13.1 Å². The van der Waals surface area contributed by atoms with E-state index in [1.54, 1.807) is 0 Å². The summed E-state index contributed by atoms with van der Waals surface area (Å²) in [7, 11) is 0. The SMILES string of the molecule is Cl.Cl.NC(=O)c1ccc(C(F)(F)F)nc1[C@H]1CCNC1. The first-order chi connectivity index (χ1) is 8.39. The van der Waals surface area contributed by atoms with Gasteiger partial charge >= 0.3 is 6.18 Å². The van der Waals surface area contributed by atoms with Crippen molar-refractivity contribution in [2.45, 2.75) is 18.5 Å². The maximum atomic E-state index is 12.6. The van der Waals surface area contributed by atoms with Gasteiger partial charge in [-0.25, -0.2) is 4.98 Å². The van der Waals surface area contributed by atoms with Gasteiger partial charge in [0.25, 0.3) is 5.91 Å². The van der Waals surface area contributed by atoms with Gasteiger partial charge in [-0.2, -0.15) is 13.2 Å². The van der Waals surface area contributed by atoms with Crippen LogP contribution in [0.15, 0.2) is 12.1 Å². The Morgan fingerprint density at radius 1 is 1.35 bits per heavy atom. The number of amides is 1. The highest BCUT2D eigenvalue weighted by Crippen LogP contribution is 2.31. The van der Waals surface area contributed by atoms with Crippen molar-refractivity contribution >= 4 is 30.7 Å². The molecule has 0 spiro atoms. The molecule has 3 N–H and O–H groups in total. The molecule has 9 heteroatoms. The van der Waals surface area contributed by atoms with E-state index in [0.717, 1.165) is 12.1 Å². The number of carbonyl (C=O) groups is 1. The second-order valence-electron chi connectivity index (χ2n) is 4.18. The van der Waals surface area contributed by atoms with E-state index in [4.69, 9.17) is 5.73 Å². The zero-order valence-corrected chi connectivity index (χ0v) is 11.9. The quantitative estimate of drug-likeness (QED) is 0.872. The van der Waals surface area contributed by atoms with E-state index in [1.807, 2.05) is 0 Å². The fourth-order valence-electron chi connectivity index (χ4n) is 2.04. The molecule has 1 aromatic rings. The van der Waals surface area contributed by atoms with Gasteiger partial charge in [0, 0.05) is 12.5 Å². The van der Waals surface area contributed by atoms with Crippen LogP contribution in [0.3, 0.4) is 0 Å². The number of pyridine rings is 1. The summed E-state index contributed by atoms with van der Waals surface area (Å²) in [5, 5.41) is 3.02. The van der Waals surface area contributed by atoms with Crippen LogP contribution < -0.4 is 11.1 Å². The minimum atomic E-state index is -4.52. The van der Waals surface area contributed by atoms with Crippen molar-refractivity contribution in [1.29, 1.82) is 0 Å². The van der Waals surface area contributed by atoms with Crippen LogP contribution in [0.25, 0.3) is 0 Å². The Morgan fingerprint density at radius 3 is 2.45 bits per heavy atom. The second-order valence-corrected chi connectivity index (χ2v) is 4.18. The molecule has 0 aromatic carbocycles. The first-order valence-corrected chi connectivity index (χ1v) is 5.48. The summed E-state index contributed by atoms with van der Waals surface area (Å²) in [4.78, 5) is 14.8. The topological polar surface area (TPSA) is 68.0 Å². The van der Waals surface area contributed by atoms with Crippen molar-refractivity contribution < 1.29 is 18.0 Å². The van der Waals surface area contributed by atoms with E-state index in [0.29, 0.717) is 19.5 Å². The van der Waals surface area contributed by atoms with Crippen LogP contribution in [0.2, 0.25) is 0 Å². The third-order valence-electron chi connectivity index (χ3n) is 2.93. The van der Waals surface area contributed by atoms with E-state index in [9.17, 15) is 18.0 Å². The van der Waals surface area contributed by atoms with E-state index < -0.39 is 17.8 Å². The Balaban J connectivity index is 0.00000180. The van der Waals surface area contributed by atoms with Crippen molar-refractivity contribution in [3.8, 4) is 0 Å². The van der Waals surface area contributed by atoms with E-state index in [-0.39, 0.29) is 42.0 Å². The highest BCUT2D eigenvalue weighted by atomic mass is 35.5. The molecule has 1 saturated heterocycles. The molecule has 20 heavy (non-hydrogen) atoms. The monoisotopic (exact) mass is 331 g/mol. The van der Waals surface area contributed by atoms with Gasteiger partial charge in [0.05, 0.1) is 11.3 Å². The molecule has 2 rings (SSSR count). The fourth-order valence-corrected chi connectivity index (χ4v) is 2.04. The predicted molar refractivity (Wildman–Crippen MR) is 72.5 cm³/mol. The van der Waals surface area contributed by atoms with Crippen molar-refractivity contribution in [3.63, 3.8) is 0 Å². The molecule has 1 amide bonds. The molecule has 0 saturated carbocycles. The van der Waals surface area contributed by atoms with E-state index in [1.165, 1.54) is 0 Å². The second kappa shape index (κ2) is 7.10. The summed E-state index contributed by atoms with van der Waals surface area (Å²) < 4.78 is 37.8. The highest BCUT2D eigenvalue weighted by Gasteiger charge is 2.34. The molecule has 0 radical (unpaired) electrons. The number of primary amides is 1. The van der Waals surface area contributed by atoms with Gasteiger partial charge in [0.2, 0.25) is 0 Å². The Labute approximate surface area is 126 Å². The van der Waals surface area contributed by atoms with Crippen LogP contribution in [0, 0.1) is 0 Å². The molecular weight excluding hydrogens is 318 g/mol. The molecule has 1 fully saturated rings. The molecule has 0 bridgehead atoms. The van der Waals surface area contributed by atoms with Crippen LogP contribution >= 0.6 is 24.8 Å². The normalized spacial score (nSPS) is 18.1. The third-order valence-corrected chi connectivity index (χ3v) is 2.93. The smallest absolute Gasteiger partial charge is 0.366 e. The molecule has 0 unspecified atom stereocenters. The number of hydrogen-bond donors (Lipinski definition) is 2. The number of aromatic nitrogens is 1. The van der Waals surface area contributed by atoms with Crippen molar-refractivity contribution in [2.24, 2.45) is 5.73 Å². The first-order valence-electron chi connectivity index (χ1n) is 5.48. The average Bonchev–Trinajstić information content (AvgIpc) is 2.80. The largest absolute Gasteiger partial charge is 0.433 e. The minimum Gasteiger partial charge on any atom is -0.366 e. The summed E-state index contributed by atoms with van der Waals surface area (Å²) in [5.41, 5.74) is 4.38. The molecule has 2 heterocycles. The van der Waals surface area contributed by atoms with Gasteiger partial charge in [-0.3, -0.25) is 4.79 Å². The fraction of sp³-hybridized carbons (Fsp3) is 0.455. The molecule has 114 valence electrons. The minimum absolute atomic E-state index is 0. The molecule has 1 aliphatic heterocycles. The van der Waals surface area contributed by atoms with Crippen LogP contribution in [-0.2, 0) is 6.18 Å². The Morgan fingerprint density at radius 2 is 2.00 bits per heavy atom. The Kier molecular flexibility index (Phi) is 6.73. The summed E-state index contributed by atoms with van der Waals surface area (Å²) in [6.07, 6.45) is -3.87. The Bertz CT molecular complexity index is 476. The van der Waals surface area contributed by atoms with Gasteiger partial charge in [-0.1, -0.05) is 0 Å². The lowest BCUT2D eigenvalue weighted by molar-refractivity contribution is -0.141. The molecule has 0 aliphatic carbocycles. The van der Waals surface area contributed by atoms with Crippen LogP contribution in [0.4, 0.5) is 13.2 Å². The zero-order valence-electron chi connectivity index (χ0n) is 10.2. The summed E-state index contributed by atoms with van der Waals surface area (Å²) in [5.74, 6) is -0.951. The predicted octanol–water partition coefficient (Wildman–Crippen LogP) is 2.12. The summed E-state index contributed by atoms with van der Waals surface area (Å²) in [6, 6.07) is 1.89. The third kappa shape index (κ3) is 3.97. The summed E-state index contributed by atoms with van der Waals surface area (Å²) >= 11 is 0. The number of nitrogens with zero attached hydrogens (tertiary/aromatic N) is 1. The maximum Gasteiger partial charge on any atom is 0.433 e. The number of halogens is 5. The molecule has 1 aromatic heterocycles. The lowest BCUT2D eigenvalue weighted by Gasteiger charge is -2.14. The highest BCUT2D eigenvalue weighted by molar-refractivity contribution is 5.94. The molecule has 1 atom stereocenters. The van der Waals surface area contributed by atoms with E-state index in [2.05, 4.69) is 10.3 Å². The Hall–Kier alpha value is -1.05. The van der Waals surface area contributed by atoms with Gasteiger partial charge in [-0.15, -0.1) is 24.8 Å². The van der Waals surface area contributed by atoms with Crippen LogP contribution in [0.5, 0.6) is 0 Å². The van der Waals surface area contributed by atoms with Gasteiger partial charge in [0.1, 0.15) is 5.69 Å². The number of hydrogen-bond acceptors (Lipinski definition) is 3. The zero-order chi connectivity index (χ0) is 13.3. The summed E-state index contributed by atoms with van der Waals surface area (Å²) in [6.45, 7) is 1.20. The number of alkyl halides is 3. The number of nitrogens with two attached hydrogens (primary N) is 1. The standard InChI is InChI=1S/C11H12F3N3O.2ClH/c12-11(13,14)8-2-1-7(10(15)18)9(17-8)6-3-4-16-5-6;;/h1-2,6,16H,3-5H2,(H2,15,18);2*1H/t6-;;/m0../s1. The van der Waals surface area contributed by atoms with Crippen LogP contribution in [-0.4, -0.2) is 24.0 Å².